The molecule has 0 unspecified atom stereocenters. The number of carbonyl (C=O) groups excluding carboxylic acids is 1. The first-order chi connectivity index (χ1) is 14.7. The highest BCUT2D eigenvalue weighted by molar-refractivity contribution is 7.99. The second-order valence-corrected chi connectivity index (χ2v) is 9.12. The average Bonchev–Trinajstić information content (AvgIpc) is 3.17. The number of hydrogen-bond acceptors (Lipinski definition) is 6. The molecule has 1 saturated carbocycles. The molecule has 8 heteroatoms. The number of ether oxygens (including phenoxy) is 1. The normalized spacial score (nSPS) is 22.1. The zero-order valence-electron chi connectivity index (χ0n) is 17.6. The van der Waals surface area contributed by atoms with Crippen LogP contribution in [0.3, 0.4) is 0 Å². The van der Waals surface area contributed by atoms with Gasteiger partial charge in [0, 0.05) is 19.1 Å². The van der Waals surface area contributed by atoms with E-state index in [1.807, 2.05) is 18.2 Å². The van der Waals surface area contributed by atoms with Crippen LogP contribution in [-0.2, 0) is 16.1 Å². The third kappa shape index (κ3) is 5.35. The molecule has 0 spiro atoms. The van der Waals surface area contributed by atoms with E-state index in [2.05, 4.69) is 44.0 Å². The zero-order valence-corrected chi connectivity index (χ0v) is 18.4. The molecule has 162 valence electrons. The van der Waals surface area contributed by atoms with Crippen LogP contribution in [0, 0.1) is 5.92 Å². The minimum absolute atomic E-state index is 0.0842. The van der Waals surface area contributed by atoms with Crippen LogP contribution in [0.2, 0.25) is 0 Å². The number of nitrogens with one attached hydrogen (secondary N) is 1. The summed E-state index contributed by atoms with van der Waals surface area (Å²) in [6.45, 7) is 5.92. The first-order valence-electron chi connectivity index (χ1n) is 10.9. The Kier molecular flexibility index (Phi) is 7.28. The van der Waals surface area contributed by atoms with Gasteiger partial charge in [-0.3, -0.25) is 9.36 Å². The predicted molar refractivity (Wildman–Crippen MR) is 119 cm³/mol. The Morgan fingerprint density at radius 3 is 2.70 bits per heavy atom. The largest absolute Gasteiger partial charge is 0.378 e. The van der Waals surface area contributed by atoms with Crippen LogP contribution >= 0.6 is 11.8 Å². The molecule has 1 aromatic heterocycles. The van der Waals surface area contributed by atoms with E-state index >= 15 is 0 Å². The molecule has 1 N–H and O–H groups in total. The van der Waals surface area contributed by atoms with Gasteiger partial charge in [-0.15, -0.1) is 10.2 Å². The van der Waals surface area contributed by atoms with Crippen LogP contribution in [0.15, 0.2) is 35.5 Å². The average molecular weight is 430 g/mol. The monoisotopic (exact) mass is 429 g/mol. The Labute approximate surface area is 182 Å². The lowest BCUT2D eigenvalue weighted by molar-refractivity contribution is -0.119. The number of thioether (sulfide) groups is 1. The van der Waals surface area contributed by atoms with Crippen LogP contribution in [0.5, 0.6) is 0 Å². The fraction of sp³-hybridized carbons (Fsp3) is 0.591. The van der Waals surface area contributed by atoms with Crippen molar-refractivity contribution < 1.29 is 9.53 Å². The van der Waals surface area contributed by atoms with E-state index in [9.17, 15) is 4.79 Å². The van der Waals surface area contributed by atoms with Crippen molar-refractivity contribution in [3.05, 3.63) is 35.9 Å². The second-order valence-electron chi connectivity index (χ2n) is 8.18. The van der Waals surface area contributed by atoms with E-state index in [-0.39, 0.29) is 5.91 Å². The van der Waals surface area contributed by atoms with Crippen LogP contribution in [0.4, 0.5) is 5.95 Å². The SMILES string of the molecule is C[C@H]1CCCC[C@@H]1NC(=O)CSc1nnc(N2CCOCC2)n1Cc1ccccc1. The number of rotatable bonds is 7. The van der Waals surface area contributed by atoms with Gasteiger partial charge in [0.15, 0.2) is 5.16 Å². The number of aromatic nitrogens is 3. The van der Waals surface area contributed by atoms with Gasteiger partial charge in [-0.25, -0.2) is 0 Å². The minimum Gasteiger partial charge on any atom is -0.378 e. The Hall–Kier alpha value is -2.06. The van der Waals surface area contributed by atoms with Gasteiger partial charge in [-0.2, -0.15) is 0 Å². The smallest absolute Gasteiger partial charge is 0.230 e. The molecule has 0 radical (unpaired) electrons. The maximum Gasteiger partial charge on any atom is 0.230 e. The fourth-order valence-corrected chi connectivity index (χ4v) is 4.94. The first-order valence-corrected chi connectivity index (χ1v) is 11.9. The molecule has 2 heterocycles. The number of amides is 1. The van der Waals surface area contributed by atoms with E-state index in [0.29, 0.717) is 37.5 Å². The number of nitrogens with zero attached hydrogens (tertiary/aromatic N) is 4. The van der Waals surface area contributed by atoms with E-state index in [4.69, 9.17) is 4.74 Å². The van der Waals surface area contributed by atoms with Gasteiger partial charge < -0.3 is 15.0 Å². The molecule has 2 aliphatic rings. The summed E-state index contributed by atoms with van der Waals surface area (Å²) in [4.78, 5) is 14.8. The number of morpholine rings is 1. The summed E-state index contributed by atoms with van der Waals surface area (Å²) >= 11 is 1.47. The Bertz CT molecular complexity index is 822. The molecule has 2 aromatic rings. The van der Waals surface area contributed by atoms with Gasteiger partial charge in [0.05, 0.1) is 25.5 Å². The lowest BCUT2D eigenvalue weighted by Gasteiger charge is -2.29. The maximum absolute atomic E-state index is 12.6. The summed E-state index contributed by atoms with van der Waals surface area (Å²) in [5.74, 6) is 1.86. The van der Waals surface area contributed by atoms with Crippen LogP contribution < -0.4 is 10.2 Å². The van der Waals surface area contributed by atoms with Gasteiger partial charge in [-0.05, 0) is 24.3 Å². The number of benzene rings is 1. The third-order valence-electron chi connectivity index (χ3n) is 5.96. The number of anilines is 1. The van der Waals surface area contributed by atoms with E-state index < -0.39 is 0 Å². The Balaban J connectivity index is 1.45. The predicted octanol–water partition coefficient (Wildman–Crippen LogP) is 2.95. The van der Waals surface area contributed by atoms with Crippen molar-refractivity contribution in [1.29, 1.82) is 0 Å². The molecule has 1 amide bonds. The molecule has 1 aromatic carbocycles. The highest BCUT2D eigenvalue weighted by Gasteiger charge is 2.24. The fourth-order valence-electron chi connectivity index (χ4n) is 4.20. The molecule has 1 saturated heterocycles. The molecule has 1 aliphatic heterocycles. The van der Waals surface area contributed by atoms with Crippen molar-refractivity contribution in [2.75, 3.05) is 37.0 Å². The third-order valence-corrected chi connectivity index (χ3v) is 6.93. The summed E-state index contributed by atoms with van der Waals surface area (Å²) in [6.07, 6.45) is 4.77. The van der Waals surface area contributed by atoms with Gasteiger partial charge in [0.25, 0.3) is 0 Å². The highest BCUT2D eigenvalue weighted by Crippen LogP contribution is 2.26. The standard InChI is InChI=1S/C22H31N5O2S/c1-17-7-5-6-10-19(17)23-20(28)16-30-22-25-24-21(26-11-13-29-14-12-26)27(22)15-18-8-3-2-4-9-18/h2-4,8-9,17,19H,5-7,10-16H2,1H3,(H,23,28)/t17-,19-/m0/s1. The van der Waals surface area contributed by atoms with Gasteiger partial charge in [-0.1, -0.05) is 61.9 Å². The first kappa shape index (κ1) is 21.2. The topological polar surface area (TPSA) is 72.3 Å². The van der Waals surface area contributed by atoms with Crippen molar-refractivity contribution in [3.8, 4) is 0 Å². The summed E-state index contributed by atoms with van der Waals surface area (Å²) in [5.41, 5.74) is 1.19. The second kappa shape index (κ2) is 10.3. The molecule has 7 nitrogen and oxygen atoms in total. The quantitative estimate of drug-likeness (QED) is 0.683. The van der Waals surface area contributed by atoms with E-state index in [0.717, 1.165) is 30.6 Å². The molecular formula is C22H31N5O2S. The molecule has 2 fully saturated rings. The van der Waals surface area contributed by atoms with E-state index in [1.165, 1.54) is 36.6 Å². The maximum atomic E-state index is 12.6. The molecule has 30 heavy (non-hydrogen) atoms. The van der Waals surface area contributed by atoms with Gasteiger partial charge in [0.2, 0.25) is 11.9 Å². The summed E-state index contributed by atoms with van der Waals surface area (Å²) < 4.78 is 7.62. The van der Waals surface area contributed by atoms with Crippen molar-refractivity contribution in [2.45, 2.75) is 50.4 Å². The van der Waals surface area contributed by atoms with Crippen molar-refractivity contribution in [2.24, 2.45) is 5.92 Å². The summed E-state index contributed by atoms with van der Waals surface area (Å²) in [6, 6.07) is 10.6. The van der Waals surface area contributed by atoms with E-state index in [1.54, 1.807) is 0 Å². The van der Waals surface area contributed by atoms with Gasteiger partial charge in [0.1, 0.15) is 0 Å². The molecule has 0 bridgehead atoms. The summed E-state index contributed by atoms with van der Waals surface area (Å²) in [5, 5.41) is 12.9. The molecule has 4 rings (SSSR count). The Morgan fingerprint density at radius 2 is 1.93 bits per heavy atom. The molecular weight excluding hydrogens is 398 g/mol. The lowest BCUT2D eigenvalue weighted by Crippen LogP contribution is -2.41. The molecule has 1 aliphatic carbocycles. The van der Waals surface area contributed by atoms with Crippen LogP contribution in [0.25, 0.3) is 0 Å². The number of hydrogen-bond donors (Lipinski definition) is 1. The minimum atomic E-state index is 0.0842. The highest BCUT2D eigenvalue weighted by atomic mass is 32.2. The summed E-state index contributed by atoms with van der Waals surface area (Å²) in [7, 11) is 0. The van der Waals surface area contributed by atoms with Gasteiger partial charge >= 0.3 is 0 Å². The van der Waals surface area contributed by atoms with Crippen LogP contribution in [0.1, 0.15) is 38.2 Å². The Morgan fingerprint density at radius 1 is 1.17 bits per heavy atom. The van der Waals surface area contributed by atoms with Crippen molar-refractivity contribution >= 4 is 23.6 Å². The van der Waals surface area contributed by atoms with Crippen LogP contribution in [-0.4, -0.2) is 58.8 Å². The zero-order chi connectivity index (χ0) is 20.8. The van der Waals surface area contributed by atoms with Crippen molar-refractivity contribution in [3.63, 3.8) is 0 Å². The lowest BCUT2D eigenvalue weighted by atomic mass is 9.86. The number of carbonyl (C=O) groups is 1. The van der Waals surface area contributed by atoms with Crippen molar-refractivity contribution in [1.82, 2.24) is 20.1 Å². The molecule has 2 atom stereocenters.